The molecule has 1 aromatic heterocycles. The maximum absolute atomic E-state index is 12.8. The van der Waals surface area contributed by atoms with Crippen LogP contribution in [0.2, 0.25) is 0 Å². The lowest BCUT2D eigenvalue weighted by molar-refractivity contribution is 0.475. The van der Waals surface area contributed by atoms with Crippen molar-refractivity contribution in [1.29, 1.82) is 0 Å². The molecular weight excluding hydrogens is 372 g/mol. The van der Waals surface area contributed by atoms with E-state index < -0.39 is 19.9 Å². The number of primary sulfonamides is 1. The summed E-state index contributed by atoms with van der Waals surface area (Å²) in [6.45, 7) is 3.14. The van der Waals surface area contributed by atoms with Crippen molar-refractivity contribution in [2.24, 2.45) is 5.14 Å². The molecule has 1 aromatic carbocycles. The molecule has 4 N–H and O–H groups in total. The summed E-state index contributed by atoms with van der Waals surface area (Å²) in [5, 5.41) is 17.5. The number of nitrogens with one attached hydrogen (secondary N) is 1. The number of aromatic hydroxyl groups is 1. The number of hydrogen-bond acceptors (Lipinski definition) is 7. The van der Waals surface area contributed by atoms with Crippen molar-refractivity contribution in [1.82, 2.24) is 5.32 Å². The van der Waals surface area contributed by atoms with Crippen molar-refractivity contribution in [3.8, 4) is 5.75 Å². The SMILES string of the molecule is CCNCCc1cc(S(N)(=O)=O)sc1S(=O)(=O)c1ccc(O)cc1. The van der Waals surface area contributed by atoms with Crippen LogP contribution in [0, 0.1) is 0 Å². The molecule has 0 saturated carbocycles. The minimum Gasteiger partial charge on any atom is -0.508 e. The Kier molecular flexibility index (Phi) is 5.66. The van der Waals surface area contributed by atoms with E-state index in [4.69, 9.17) is 5.14 Å². The largest absolute Gasteiger partial charge is 0.508 e. The van der Waals surface area contributed by atoms with Crippen molar-refractivity contribution < 1.29 is 21.9 Å². The molecule has 0 aliphatic heterocycles. The first-order valence-corrected chi connectivity index (χ1v) is 10.9. The molecule has 0 fully saturated rings. The molecule has 0 aliphatic carbocycles. The van der Waals surface area contributed by atoms with Crippen LogP contribution in [0.1, 0.15) is 12.5 Å². The first kappa shape index (κ1) is 18.9. The molecule has 10 heteroatoms. The fourth-order valence-electron chi connectivity index (χ4n) is 2.06. The number of hydrogen-bond donors (Lipinski definition) is 3. The number of likely N-dealkylation sites (N-methyl/N-ethyl adjacent to an activating group) is 1. The summed E-state index contributed by atoms with van der Waals surface area (Å²) in [4.78, 5) is -0.0205. The van der Waals surface area contributed by atoms with Gasteiger partial charge >= 0.3 is 0 Å². The van der Waals surface area contributed by atoms with Crippen molar-refractivity contribution in [3.05, 3.63) is 35.9 Å². The summed E-state index contributed by atoms with van der Waals surface area (Å²) < 4.78 is 48.6. The predicted octanol–water partition coefficient (Wildman–Crippen LogP) is 1.09. The second-order valence-corrected chi connectivity index (χ2v) is 10.0. The van der Waals surface area contributed by atoms with Crippen LogP contribution in [-0.4, -0.2) is 35.0 Å². The van der Waals surface area contributed by atoms with Gasteiger partial charge in [-0.15, -0.1) is 11.3 Å². The van der Waals surface area contributed by atoms with Crippen LogP contribution in [0.3, 0.4) is 0 Å². The van der Waals surface area contributed by atoms with Gasteiger partial charge in [0.1, 0.15) is 14.2 Å². The van der Waals surface area contributed by atoms with E-state index in [2.05, 4.69) is 5.32 Å². The highest BCUT2D eigenvalue weighted by Gasteiger charge is 2.27. The number of rotatable bonds is 7. The monoisotopic (exact) mass is 390 g/mol. The number of sulfonamides is 1. The predicted molar refractivity (Wildman–Crippen MR) is 91.5 cm³/mol. The van der Waals surface area contributed by atoms with Crippen LogP contribution < -0.4 is 10.5 Å². The summed E-state index contributed by atoms with van der Waals surface area (Å²) in [7, 11) is -7.89. The van der Waals surface area contributed by atoms with E-state index in [0.29, 0.717) is 36.4 Å². The third kappa shape index (κ3) is 4.14. The Morgan fingerprint density at radius 3 is 2.33 bits per heavy atom. The zero-order valence-electron chi connectivity index (χ0n) is 12.9. The average Bonchev–Trinajstić information content (AvgIpc) is 2.93. The molecule has 24 heavy (non-hydrogen) atoms. The van der Waals surface area contributed by atoms with Crippen LogP contribution in [0.4, 0.5) is 0 Å². The maximum Gasteiger partial charge on any atom is 0.247 e. The van der Waals surface area contributed by atoms with Gasteiger partial charge in [-0.2, -0.15) is 0 Å². The fourth-order valence-corrected chi connectivity index (χ4v) is 6.13. The van der Waals surface area contributed by atoms with Crippen LogP contribution in [0.15, 0.2) is 43.6 Å². The highest BCUT2D eigenvalue weighted by atomic mass is 32.3. The van der Waals surface area contributed by atoms with Gasteiger partial charge in [0.15, 0.2) is 0 Å². The van der Waals surface area contributed by atoms with E-state index in [1.165, 1.54) is 30.3 Å². The fraction of sp³-hybridized carbons (Fsp3) is 0.286. The topological polar surface area (TPSA) is 127 Å². The van der Waals surface area contributed by atoms with Gasteiger partial charge < -0.3 is 10.4 Å². The highest BCUT2D eigenvalue weighted by molar-refractivity contribution is 7.95. The Morgan fingerprint density at radius 2 is 1.79 bits per heavy atom. The van der Waals surface area contributed by atoms with Gasteiger partial charge in [-0.25, -0.2) is 22.0 Å². The summed E-state index contributed by atoms with van der Waals surface area (Å²) in [5.41, 5.74) is 0.401. The van der Waals surface area contributed by atoms with Crippen molar-refractivity contribution in [2.45, 2.75) is 26.7 Å². The maximum atomic E-state index is 12.8. The molecular formula is C14H18N2O5S3. The number of benzene rings is 1. The highest BCUT2D eigenvalue weighted by Crippen LogP contribution is 2.34. The molecule has 1 heterocycles. The van der Waals surface area contributed by atoms with Crippen molar-refractivity contribution in [3.63, 3.8) is 0 Å². The van der Waals surface area contributed by atoms with Crippen LogP contribution in [0.25, 0.3) is 0 Å². The van der Waals surface area contributed by atoms with E-state index in [0.717, 1.165) is 0 Å². The normalized spacial score (nSPS) is 12.4. The Balaban J connectivity index is 2.53. The third-order valence-corrected chi connectivity index (χ3v) is 8.18. The third-order valence-electron chi connectivity index (χ3n) is 3.24. The summed E-state index contributed by atoms with van der Waals surface area (Å²) in [5.74, 6) is -0.0577. The van der Waals surface area contributed by atoms with Crippen LogP contribution in [-0.2, 0) is 26.3 Å². The molecule has 2 rings (SSSR count). The molecule has 0 unspecified atom stereocenters. The quantitative estimate of drug-likeness (QED) is 0.607. The Morgan fingerprint density at radius 1 is 1.17 bits per heavy atom. The number of phenolic OH excluding ortho intramolecular Hbond substituents is 1. The number of sulfone groups is 1. The van der Waals surface area contributed by atoms with Gasteiger partial charge in [0.05, 0.1) is 4.90 Å². The van der Waals surface area contributed by atoms with Gasteiger partial charge in [-0.1, -0.05) is 6.92 Å². The lowest BCUT2D eigenvalue weighted by atomic mass is 10.2. The van der Waals surface area contributed by atoms with Gasteiger partial charge in [0.25, 0.3) is 0 Å². The first-order valence-electron chi connectivity index (χ1n) is 7.06. The molecule has 132 valence electrons. The lowest BCUT2D eigenvalue weighted by Gasteiger charge is -2.06. The second kappa shape index (κ2) is 7.19. The number of phenols is 1. The molecule has 0 radical (unpaired) electrons. The standard InChI is InChI=1S/C14H18N2O5S3/c1-2-16-8-7-10-9-13(24(15,20)21)22-14(10)23(18,19)12-5-3-11(17)4-6-12/h3-6,9,16-17H,2,7-8H2,1H3,(H2,15,20,21). The number of thiophene rings is 1. The van der Waals surface area contributed by atoms with Crippen LogP contribution in [0.5, 0.6) is 5.75 Å². The molecule has 0 atom stereocenters. The first-order chi connectivity index (χ1) is 11.2. The summed E-state index contributed by atoms with van der Waals surface area (Å²) in [6.07, 6.45) is 0.354. The van der Waals surface area contributed by atoms with E-state index >= 15 is 0 Å². The molecule has 0 spiro atoms. The zero-order chi connectivity index (χ0) is 18.0. The van der Waals surface area contributed by atoms with E-state index in [9.17, 15) is 21.9 Å². The Labute approximate surface area is 145 Å². The molecule has 2 aromatic rings. The Hall–Kier alpha value is -1.46. The van der Waals surface area contributed by atoms with Gasteiger partial charge in [-0.3, -0.25) is 0 Å². The minimum atomic E-state index is -3.99. The Bertz CT molecular complexity index is 916. The molecule has 0 aliphatic rings. The zero-order valence-corrected chi connectivity index (χ0v) is 15.3. The second-order valence-electron chi connectivity index (χ2n) is 5.02. The van der Waals surface area contributed by atoms with Crippen molar-refractivity contribution in [2.75, 3.05) is 13.1 Å². The van der Waals surface area contributed by atoms with Crippen LogP contribution >= 0.6 is 11.3 Å². The average molecular weight is 391 g/mol. The van der Waals surface area contributed by atoms with Gasteiger partial charge in [0, 0.05) is 0 Å². The summed E-state index contributed by atoms with van der Waals surface area (Å²) >= 11 is 0.639. The molecule has 7 nitrogen and oxygen atoms in total. The van der Waals surface area contributed by atoms with Gasteiger partial charge in [0.2, 0.25) is 19.9 Å². The lowest BCUT2D eigenvalue weighted by Crippen LogP contribution is -2.16. The van der Waals surface area contributed by atoms with E-state index in [-0.39, 0.29) is 19.1 Å². The molecule has 0 amide bonds. The smallest absolute Gasteiger partial charge is 0.247 e. The minimum absolute atomic E-state index is 0.0205. The van der Waals surface area contributed by atoms with E-state index in [1.807, 2.05) is 6.92 Å². The molecule has 0 saturated heterocycles. The summed E-state index contributed by atoms with van der Waals surface area (Å²) in [6, 6.07) is 6.38. The number of nitrogens with two attached hydrogens (primary N) is 1. The van der Waals surface area contributed by atoms with Crippen molar-refractivity contribution >= 4 is 31.2 Å². The molecule has 0 bridgehead atoms. The van der Waals surface area contributed by atoms with E-state index in [1.54, 1.807) is 0 Å². The van der Waals surface area contributed by atoms with Gasteiger partial charge in [-0.05, 0) is 55.4 Å².